The number of para-hydroxylation sites is 2. The number of benzene rings is 8. The molecule has 4 heterocycles. The second-order valence-corrected chi connectivity index (χ2v) is 18.3. The highest BCUT2D eigenvalue weighted by Gasteiger charge is 2.51. The molecule has 0 saturated heterocycles. The summed E-state index contributed by atoms with van der Waals surface area (Å²) in [5.41, 5.74) is 17.0. The first-order valence-electron chi connectivity index (χ1n) is 21.0. The summed E-state index contributed by atoms with van der Waals surface area (Å²) in [6.45, 7) is 4.68. The molecule has 1 spiro atoms. The number of aromatic nitrogens is 3. The van der Waals surface area contributed by atoms with E-state index in [1.807, 2.05) is 0 Å². The van der Waals surface area contributed by atoms with E-state index < -0.39 is 5.41 Å². The fourth-order valence-electron chi connectivity index (χ4n) is 11.3. The molecule has 1 aliphatic heterocycles. The van der Waals surface area contributed by atoms with Crippen molar-refractivity contribution in [2.45, 2.75) is 24.7 Å². The molecule has 4 nitrogen and oxygen atoms in total. The Labute approximate surface area is 356 Å². The van der Waals surface area contributed by atoms with E-state index in [1.54, 1.807) is 11.3 Å². The lowest BCUT2D eigenvalue weighted by molar-refractivity contribution is 0.437. The summed E-state index contributed by atoms with van der Waals surface area (Å²) in [6.07, 6.45) is 0. The summed E-state index contributed by atoms with van der Waals surface area (Å²) in [4.78, 5) is 11.2. The van der Waals surface area contributed by atoms with Crippen LogP contribution < -0.4 is 4.74 Å². The Balaban J connectivity index is 1.06. The molecule has 8 aromatic carbocycles. The molecule has 0 N–H and O–H groups in total. The maximum atomic E-state index is 7.03. The van der Waals surface area contributed by atoms with Gasteiger partial charge in [-0.3, -0.25) is 4.57 Å². The highest BCUT2D eigenvalue weighted by molar-refractivity contribution is 7.26. The fraction of sp³-hybridized carbons (Fsp3) is 0.0714. The first kappa shape index (κ1) is 33.5. The largest absolute Gasteiger partial charge is 0.457 e. The molecule has 14 rings (SSSR count). The molecule has 286 valence electrons. The van der Waals surface area contributed by atoms with Gasteiger partial charge in [-0.15, -0.1) is 11.3 Å². The van der Waals surface area contributed by atoms with Crippen molar-refractivity contribution in [3.05, 3.63) is 209 Å². The zero-order chi connectivity index (χ0) is 40.2. The van der Waals surface area contributed by atoms with Gasteiger partial charge in [-0.05, 0) is 74.8 Å². The minimum absolute atomic E-state index is 0.140. The summed E-state index contributed by atoms with van der Waals surface area (Å²) in [7, 11) is 0. The lowest BCUT2D eigenvalue weighted by Gasteiger charge is -2.39. The molecule has 0 fully saturated rings. The predicted molar refractivity (Wildman–Crippen MR) is 250 cm³/mol. The number of hydrogen-bond acceptors (Lipinski definition) is 4. The Morgan fingerprint density at radius 1 is 0.475 bits per heavy atom. The summed E-state index contributed by atoms with van der Waals surface area (Å²) < 4.78 is 11.6. The molecule has 11 aromatic rings. The van der Waals surface area contributed by atoms with Crippen LogP contribution in [-0.4, -0.2) is 14.5 Å². The van der Waals surface area contributed by atoms with E-state index in [9.17, 15) is 0 Å². The minimum Gasteiger partial charge on any atom is -0.457 e. The van der Waals surface area contributed by atoms with Crippen LogP contribution in [0.5, 0.6) is 11.5 Å². The van der Waals surface area contributed by atoms with Crippen molar-refractivity contribution in [1.82, 2.24) is 14.5 Å². The Hall–Kier alpha value is -7.34. The van der Waals surface area contributed by atoms with E-state index in [4.69, 9.17) is 14.7 Å². The van der Waals surface area contributed by atoms with Crippen LogP contribution in [0.15, 0.2) is 176 Å². The van der Waals surface area contributed by atoms with Gasteiger partial charge in [-0.1, -0.05) is 153 Å². The van der Waals surface area contributed by atoms with E-state index in [2.05, 4.69) is 194 Å². The fourth-order valence-corrected chi connectivity index (χ4v) is 12.4. The first-order chi connectivity index (χ1) is 30.0. The second-order valence-electron chi connectivity index (χ2n) is 17.2. The maximum Gasteiger partial charge on any atom is 0.235 e. The highest BCUT2D eigenvalue weighted by atomic mass is 32.1. The van der Waals surface area contributed by atoms with Crippen LogP contribution in [0.4, 0.5) is 0 Å². The summed E-state index contributed by atoms with van der Waals surface area (Å²) in [5.74, 6) is 2.35. The highest BCUT2D eigenvalue weighted by Crippen LogP contribution is 2.63. The zero-order valence-electron chi connectivity index (χ0n) is 33.4. The van der Waals surface area contributed by atoms with Gasteiger partial charge in [0.15, 0.2) is 0 Å². The third kappa shape index (κ3) is 4.19. The summed E-state index contributed by atoms with van der Waals surface area (Å²) in [5, 5.41) is 3.42. The van der Waals surface area contributed by atoms with Crippen molar-refractivity contribution in [3.63, 3.8) is 0 Å². The Morgan fingerprint density at radius 3 is 1.89 bits per heavy atom. The molecular formula is C56H35N3OS. The quantitative estimate of drug-likeness (QED) is 0.175. The molecule has 0 unspecified atom stereocenters. The van der Waals surface area contributed by atoms with Gasteiger partial charge in [-0.2, -0.15) is 0 Å². The van der Waals surface area contributed by atoms with E-state index in [-0.39, 0.29) is 5.41 Å². The van der Waals surface area contributed by atoms with Crippen molar-refractivity contribution in [1.29, 1.82) is 0 Å². The van der Waals surface area contributed by atoms with Crippen molar-refractivity contribution >= 4 is 53.4 Å². The topological polar surface area (TPSA) is 39.9 Å². The van der Waals surface area contributed by atoms with Gasteiger partial charge in [0.2, 0.25) is 5.95 Å². The number of nitrogens with zero attached hydrogens (tertiary/aromatic N) is 3. The summed E-state index contributed by atoms with van der Waals surface area (Å²) in [6, 6.07) is 64.1. The molecule has 0 radical (unpaired) electrons. The Kier molecular flexibility index (Phi) is 6.42. The smallest absolute Gasteiger partial charge is 0.235 e. The number of rotatable bonds is 2. The third-order valence-corrected chi connectivity index (χ3v) is 15.1. The lowest BCUT2D eigenvalue weighted by atomic mass is 9.66. The van der Waals surface area contributed by atoms with Crippen LogP contribution in [0.25, 0.3) is 81.6 Å². The molecule has 3 aromatic heterocycles. The van der Waals surface area contributed by atoms with Crippen molar-refractivity contribution in [2.24, 2.45) is 0 Å². The molecule has 5 heteroatoms. The van der Waals surface area contributed by atoms with Crippen molar-refractivity contribution < 1.29 is 4.74 Å². The molecule has 0 bridgehead atoms. The minimum atomic E-state index is -0.562. The van der Waals surface area contributed by atoms with Crippen LogP contribution in [0.1, 0.15) is 47.2 Å². The molecule has 0 atom stereocenters. The Morgan fingerprint density at radius 2 is 1.10 bits per heavy atom. The van der Waals surface area contributed by atoms with E-state index in [0.717, 1.165) is 71.3 Å². The molecule has 3 aliphatic rings. The van der Waals surface area contributed by atoms with Gasteiger partial charge >= 0.3 is 0 Å². The van der Waals surface area contributed by atoms with Gasteiger partial charge in [0.1, 0.15) is 11.5 Å². The standard InChI is InChI=1S/C56H35N3OS/c1-55(2)40-20-8-3-15-33(40)36-28-27-32(29-44(36)55)51-53-52(38-19-7-14-26-50(38)61-53)58-54(57-51)59-46-24-12-6-18-37(46)39-30-45-49(31-47(39)59)60-48-25-13-11-23-43(48)56(45)41-21-9-4-16-34(41)35-17-5-10-22-42(35)56/h3-31H,1-2H3. The molecule has 61 heavy (non-hydrogen) atoms. The van der Waals surface area contributed by atoms with Gasteiger partial charge in [0, 0.05) is 49.0 Å². The maximum absolute atomic E-state index is 7.03. The number of thiophene rings is 1. The second kappa shape index (κ2) is 11.7. The molecular weight excluding hydrogens is 763 g/mol. The van der Waals surface area contributed by atoms with Gasteiger partial charge in [-0.25, -0.2) is 9.97 Å². The van der Waals surface area contributed by atoms with Gasteiger partial charge in [0.25, 0.3) is 0 Å². The van der Waals surface area contributed by atoms with Crippen LogP contribution >= 0.6 is 11.3 Å². The normalized spacial score (nSPS) is 14.8. The van der Waals surface area contributed by atoms with Crippen LogP contribution in [0, 0.1) is 0 Å². The average Bonchev–Trinajstić information content (AvgIpc) is 4.00. The number of ether oxygens (including phenoxy) is 1. The van der Waals surface area contributed by atoms with Crippen molar-refractivity contribution in [2.75, 3.05) is 0 Å². The van der Waals surface area contributed by atoms with E-state index >= 15 is 0 Å². The Bertz CT molecular complexity index is 3690. The number of hydrogen-bond donors (Lipinski definition) is 0. The zero-order valence-corrected chi connectivity index (χ0v) is 34.2. The lowest BCUT2D eigenvalue weighted by Crippen LogP contribution is -2.32. The predicted octanol–water partition coefficient (Wildman–Crippen LogP) is 14.4. The van der Waals surface area contributed by atoms with Gasteiger partial charge < -0.3 is 4.74 Å². The third-order valence-electron chi connectivity index (χ3n) is 13.9. The number of fused-ring (bicyclic) bond motifs is 18. The first-order valence-corrected chi connectivity index (χ1v) is 21.8. The SMILES string of the molecule is CC1(C)c2ccccc2-c2ccc(-c3nc(-n4c5ccccc5c5cc6c(cc54)Oc4ccccc4C64c5ccccc5-c5ccccc54)nc4c3sc3ccccc34)cc21. The monoisotopic (exact) mass is 797 g/mol. The van der Waals surface area contributed by atoms with E-state index in [1.165, 1.54) is 49.2 Å². The molecule has 0 amide bonds. The van der Waals surface area contributed by atoms with Crippen molar-refractivity contribution in [3.8, 4) is 51.0 Å². The summed E-state index contributed by atoms with van der Waals surface area (Å²) >= 11 is 1.77. The van der Waals surface area contributed by atoms with E-state index in [0.29, 0.717) is 5.95 Å². The molecule has 2 aliphatic carbocycles. The average molecular weight is 798 g/mol. The van der Waals surface area contributed by atoms with Crippen LogP contribution in [0.3, 0.4) is 0 Å². The van der Waals surface area contributed by atoms with Crippen LogP contribution in [-0.2, 0) is 10.8 Å². The van der Waals surface area contributed by atoms with Crippen LogP contribution in [0.2, 0.25) is 0 Å². The van der Waals surface area contributed by atoms with Gasteiger partial charge in [0.05, 0.1) is 32.4 Å². The molecule has 0 saturated carbocycles.